The Morgan fingerprint density at radius 2 is 0.719 bits per heavy atom. The van der Waals surface area contributed by atoms with Crippen molar-refractivity contribution in [1.82, 2.24) is 4.57 Å². The molecule has 1 aromatic heterocycles. The van der Waals surface area contributed by atoms with Crippen LogP contribution < -0.4 is 5.19 Å². The summed E-state index contributed by atoms with van der Waals surface area (Å²) in [5.41, 5.74) is 8.76. The first kappa shape index (κ1) is 31.5. The average molecular weight is 740 g/mol. The zero-order chi connectivity index (χ0) is 37.7. The molecular weight excluding hydrogens is 703 g/mol. The first-order chi connectivity index (χ1) is 27.9. The van der Waals surface area contributed by atoms with E-state index in [2.05, 4.69) is 194 Å². The SMILES string of the molecule is C[Si](C)(C)c1ccc(-n2c3cc(-c4ccc5ccc6cccc7ccc4c5c67)cc4ccc5cc(-c6ccc7ccc8cccc9ccc6c7c89)cc2c5c43)cc1. The minimum atomic E-state index is -1.49. The lowest BCUT2D eigenvalue weighted by Gasteiger charge is -2.18. The minimum absolute atomic E-state index is 1.20. The van der Waals surface area contributed by atoms with E-state index in [1.54, 1.807) is 0 Å². The molecule has 0 atom stereocenters. The summed E-state index contributed by atoms with van der Waals surface area (Å²) in [5.74, 6) is 0. The van der Waals surface area contributed by atoms with Gasteiger partial charge in [-0.25, -0.2) is 0 Å². The van der Waals surface area contributed by atoms with E-state index in [0.29, 0.717) is 0 Å². The fourth-order valence-corrected chi connectivity index (χ4v) is 11.6. The highest BCUT2D eigenvalue weighted by atomic mass is 28.3. The lowest BCUT2D eigenvalue weighted by Crippen LogP contribution is -2.37. The van der Waals surface area contributed by atoms with Crippen molar-refractivity contribution in [3.63, 3.8) is 0 Å². The van der Waals surface area contributed by atoms with Crippen molar-refractivity contribution in [2.45, 2.75) is 19.6 Å². The van der Waals surface area contributed by atoms with Crippen LogP contribution in [0.25, 0.3) is 125 Å². The standard InChI is InChI=1S/C55H37NSi/c1-57(2,3)43-22-20-42(21-23-43)56-48-30-40(44-24-16-36-12-10-32-6-4-8-34-18-26-46(44)52(36)50(32)34)28-38-14-15-39-29-41(31-49(56)55(39)54(38)48)45-25-17-37-13-11-33-7-5-9-35-19-27-47(45)53(37)51(33)35/h4-31H,1-3H3. The third kappa shape index (κ3) is 4.28. The van der Waals surface area contributed by atoms with Crippen LogP contribution in [0.1, 0.15) is 0 Å². The second-order valence-electron chi connectivity index (χ2n) is 17.3. The van der Waals surface area contributed by atoms with Crippen LogP contribution in [0.3, 0.4) is 0 Å². The molecule has 0 radical (unpaired) electrons. The molecule has 0 fully saturated rings. The largest absolute Gasteiger partial charge is 0.309 e. The first-order valence-electron chi connectivity index (χ1n) is 20.2. The predicted molar refractivity (Wildman–Crippen MR) is 251 cm³/mol. The second-order valence-corrected chi connectivity index (χ2v) is 22.4. The molecule has 0 saturated carbocycles. The monoisotopic (exact) mass is 739 g/mol. The van der Waals surface area contributed by atoms with Gasteiger partial charge in [-0.2, -0.15) is 0 Å². The summed E-state index contributed by atoms with van der Waals surface area (Å²) in [4.78, 5) is 0. The van der Waals surface area contributed by atoms with Gasteiger partial charge in [0.05, 0.1) is 19.1 Å². The highest BCUT2D eigenvalue weighted by Gasteiger charge is 2.23. The van der Waals surface area contributed by atoms with Crippen molar-refractivity contribution in [1.29, 1.82) is 0 Å². The van der Waals surface area contributed by atoms with Gasteiger partial charge in [0, 0.05) is 16.5 Å². The molecule has 13 rings (SSSR count). The summed E-state index contributed by atoms with van der Waals surface area (Å²) in [5, 5.41) is 22.5. The zero-order valence-electron chi connectivity index (χ0n) is 32.1. The Morgan fingerprint density at radius 3 is 1.16 bits per heavy atom. The molecule has 266 valence electrons. The molecule has 1 nitrogen and oxygen atoms in total. The Hall–Kier alpha value is -6.74. The van der Waals surface area contributed by atoms with E-state index in [4.69, 9.17) is 0 Å². The molecule has 0 unspecified atom stereocenters. The van der Waals surface area contributed by atoms with Gasteiger partial charge in [-0.1, -0.05) is 158 Å². The average Bonchev–Trinajstić information content (AvgIpc) is 3.58. The van der Waals surface area contributed by atoms with E-state index < -0.39 is 8.07 Å². The van der Waals surface area contributed by atoms with Crippen LogP contribution in [0.2, 0.25) is 19.6 Å². The Kier molecular flexibility index (Phi) is 6.05. The van der Waals surface area contributed by atoms with Gasteiger partial charge in [-0.05, 0) is 134 Å². The molecule has 57 heavy (non-hydrogen) atoms. The summed E-state index contributed by atoms with van der Waals surface area (Å²) in [7, 11) is -1.49. The molecule has 0 saturated heterocycles. The van der Waals surface area contributed by atoms with Crippen LogP contribution in [0.5, 0.6) is 0 Å². The van der Waals surface area contributed by atoms with E-state index in [0.717, 1.165) is 0 Å². The maximum Gasteiger partial charge on any atom is 0.0775 e. The summed E-state index contributed by atoms with van der Waals surface area (Å²) in [6.45, 7) is 7.29. The fourth-order valence-electron chi connectivity index (χ4n) is 10.4. The van der Waals surface area contributed by atoms with Crippen LogP contribution in [0.15, 0.2) is 170 Å². The molecule has 12 aromatic carbocycles. The molecule has 0 amide bonds. The molecular formula is C55H37NSi. The van der Waals surface area contributed by atoms with Gasteiger partial charge in [0.2, 0.25) is 0 Å². The highest BCUT2D eigenvalue weighted by molar-refractivity contribution is 6.88. The van der Waals surface area contributed by atoms with Gasteiger partial charge in [-0.15, -0.1) is 0 Å². The fraction of sp³-hybridized carbons (Fsp3) is 0.0545. The number of hydrogen-bond donors (Lipinski definition) is 0. The van der Waals surface area contributed by atoms with Gasteiger partial charge in [-0.3, -0.25) is 0 Å². The van der Waals surface area contributed by atoms with Crippen LogP contribution in [-0.2, 0) is 0 Å². The Balaban J connectivity index is 1.12. The molecule has 0 N–H and O–H groups in total. The van der Waals surface area contributed by atoms with E-state index >= 15 is 0 Å². The molecule has 0 aliphatic rings. The molecule has 0 spiro atoms. The summed E-state index contributed by atoms with van der Waals surface area (Å²) >= 11 is 0. The normalized spacial score (nSPS) is 12.8. The van der Waals surface area contributed by atoms with Crippen molar-refractivity contribution in [3.8, 4) is 27.9 Å². The van der Waals surface area contributed by atoms with Crippen molar-refractivity contribution >= 4 is 110 Å². The van der Waals surface area contributed by atoms with Crippen molar-refractivity contribution in [2.75, 3.05) is 0 Å². The molecule has 0 aliphatic carbocycles. The van der Waals surface area contributed by atoms with E-state index in [9.17, 15) is 0 Å². The van der Waals surface area contributed by atoms with E-state index in [1.165, 1.54) is 130 Å². The lowest BCUT2D eigenvalue weighted by molar-refractivity contribution is 1.18. The number of hydrogen-bond acceptors (Lipinski definition) is 0. The van der Waals surface area contributed by atoms with Gasteiger partial charge < -0.3 is 4.57 Å². The molecule has 0 bridgehead atoms. The topological polar surface area (TPSA) is 4.93 Å². The van der Waals surface area contributed by atoms with Gasteiger partial charge in [0.15, 0.2) is 0 Å². The van der Waals surface area contributed by atoms with Gasteiger partial charge in [0.25, 0.3) is 0 Å². The number of rotatable bonds is 4. The van der Waals surface area contributed by atoms with Gasteiger partial charge in [0.1, 0.15) is 0 Å². The van der Waals surface area contributed by atoms with E-state index in [-0.39, 0.29) is 0 Å². The van der Waals surface area contributed by atoms with Crippen LogP contribution in [0, 0.1) is 0 Å². The minimum Gasteiger partial charge on any atom is -0.309 e. The highest BCUT2D eigenvalue weighted by Crippen LogP contribution is 2.47. The summed E-state index contributed by atoms with van der Waals surface area (Å²) in [6, 6.07) is 65.1. The Bertz CT molecular complexity index is 3520. The van der Waals surface area contributed by atoms with Crippen molar-refractivity contribution < 1.29 is 0 Å². The number of aromatic nitrogens is 1. The first-order valence-corrected chi connectivity index (χ1v) is 23.7. The number of benzene rings is 12. The Morgan fingerprint density at radius 1 is 0.333 bits per heavy atom. The second kappa shape index (κ2) is 11.0. The maximum atomic E-state index is 2.55. The molecule has 1 heterocycles. The van der Waals surface area contributed by atoms with Gasteiger partial charge >= 0.3 is 0 Å². The zero-order valence-corrected chi connectivity index (χ0v) is 33.1. The number of nitrogens with zero attached hydrogens (tertiary/aromatic N) is 1. The van der Waals surface area contributed by atoms with E-state index in [1.807, 2.05) is 0 Å². The molecule has 0 aliphatic heterocycles. The quantitative estimate of drug-likeness (QED) is 0.125. The van der Waals surface area contributed by atoms with Crippen molar-refractivity contribution in [3.05, 3.63) is 170 Å². The maximum absolute atomic E-state index is 2.55. The predicted octanol–water partition coefficient (Wildman–Crippen LogP) is 15.0. The van der Waals surface area contributed by atoms with Crippen LogP contribution in [0.4, 0.5) is 0 Å². The van der Waals surface area contributed by atoms with Crippen molar-refractivity contribution in [2.24, 2.45) is 0 Å². The third-order valence-corrected chi connectivity index (χ3v) is 15.2. The van der Waals surface area contributed by atoms with Crippen LogP contribution >= 0.6 is 0 Å². The third-order valence-electron chi connectivity index (χ3n) is 13.1. The summed E-state index contributed by atoms with van der Waals surface area (Å²) < 4.78 is 2.55. The summed E-state index contributed by atoms with van der Waals surface area (Å²) in [6.07, 6.45) is 0. The smallest absolute Gasteiger partial charge is 0.0775 e. The van der Waals surface area contributed by atoms with Crippen LogP contribution in [-0.4, -0.2) is 12.6 Å². The Labute approximate surface area is 331 Å². The molecule has 2 heteroatoms. The lowest BCUT2D eigenvalue weighted by atomic mass is 9.88. The molecule has 13 aromatic rings.